The number of nitrogens with two attached hydrogens (primary N) is 1. The number of primary amides is 1. The van der Waals surface area contributed by atoms with Crippen LogP contribution in [0.15, 0.2) is 6.08 Å². The molecule has 0 saturated heterocycles. The second-order valence-corrected chi connectivity index (χ2v) is 5.67. The van der Waals surface area contributed by atoms with Crippen molar-refractivity contribution in [1.29, 1.82) is 0 Å². The van der Waals surface area contributed by atoms with Crippen LogP contribution in [0, 0.1) is 0 Å². The lowest BCUT2D eigenvalue weighted by molar-refractivity contribution is -0.113. The summed E-state index contributed by atoms with van der Waals surface area (Å²) in [5.74, 6) is -0.505. The van der Waals surface area contributed by atoms with Gasteiger partial charge in [-0.05, 0) is 26.8 Å². The van der Waals surface area contributed by atoms with Crippen LogP contribution >= 0.6 is 22.9 Å². The Morgan fingerprint density at radius 3 is 2.69 bits per heavy atom. The number of rotatable bonds is 3. The van der Waals surface area contributed by atoms with Gasteiger partial charge in [0.25, 0.3) is 0 Å². The summed E-state index contributed by atoms with van der Waals surface area (Å²) in [6, 6.07) is 0. The molecule has 88 valence electrons. The summed E-state index contributed by atoms with van der Waals surface area (Å²) in [6.45, 7) is 6.09. The zero-order chi connectivity index (χ0) is 12.3. The van der Waals surface area contributed by atoms with Crippen LogP contribution in [0.3, 0.4) is 0 Å². The average molecular weight is 260 g/mol. The summed E-state index contributed by atoms with van der Waals surface area (Å²) in [5.41, 5.74) is 4.92. The van der Waals surface area contributed by atoms with Gasteiger partial charge in [0.05, 0.1) is 4.88 Å². The Bertz CT molecular complexity index is 420. The predicted octanol–water partition coefficient (Wildman–Crippen LogP) is 2.51. The number of nitrogens with one attached hydrogen (secondary N) is 1. The maximum absolute atomic E-state index is 10.6. The fourth-order valence-corrected chi connectivity index (χ4v) is 2.23. The topological polar surface area (TPSA) is 68.0 Å². The molecule has 3 N–H and O–H groups in total. The molecule has 0 atom stereocenters. The normalized spacial score (nSPS) is 12.0. The maximum atomic E-state index is 10.6. The molecule has 6 heteroatoms. The highest BCUT2D eigenvalue weighted by molar-refractivity contribution is 7.17. The molecule has 16 heavy (non-hydrogen) atoms. The van der Waals surface area contributed by atoms with Crippen molar-refractivity contribution in [3.63, 3.8) is 0 Å². The van der Waals surface area contributed by atoms with Gasteiger partial charge in [-0.2, -0.15) is 0 Å². The van der Waals surface area contributed by atoms with Crippen molar-refractivity contribution < 1.29 is 4.79 Å². The lowest BCUT2D eigenvalue weighted by atomic mass is 10.1. The first-order valence-corrected chi connectivity index (χ1v) is 5.89. The summed E-state index contributed by atoms with van der Waals surface area (Å²) in [7, 11) is 0. The Kier molecular flexibility index (Phi) is 3.93. The van der Waals surface area contributed by atoms with Crippen LogP contribution in [0.25, 0.3) is 6.08 Å². The molecule has 1 amide bonds. The largest absolute Gasteiger partial charge is 0.366 e. The van der Waals surface area contributed by atoms with Gasteiger partial charge in [-0.1, -0.05) is 22.9 Å². The van der Waals surface area contributed by atoms with E-state index in [9.17, 15) is 4.79 Å². The van der Waals surface area contributed by atoms with E-state index >= 15 is 0 Å². The minimum atomic E-state index is -0.505. The molecular weight excluding hydrogens is 246 g/mol. The zero-order valence-corrected chi connectivity index (χ0v) is 10.9. The van der Waals surface area contributed by atoms with Crippen molar-refractivity contribution in [1.82, 2.24) is 4.98 Å². The number of nitrogens with zero attached hydrogens (tertiary/aromatic N) is 1. The summed E-state index contributed by atoms with van der Waals surface area (Å²) in [6.07, 6.45) is 2.83. The fraction of sp³-hybridized carbons (Fsp3) is 0.400. The van der Waals surface area contributed by atoms with E-state index in [1.807, 2.05) is 20.8 Å². The molecule has 1 heterocycles. The van der Waals surface area contributed by atoms with Crippen molar-refractivity contribution in [2.75, 3.05) is 5.32 Å². The number of anilines is 1. The third kappa shape index (κ3) is 4.20. The van der Waals surface area contributed by atoms with Crippen molar-refractivity contribution in [2.24, 2.45) is 5.73 Å². The van der Waals surface area contributed by atoms with E-state index in [1.165, 1.54) is 17.4 Å². The van der Waals surface area contributed by atoms with E-state index in [1.54, 1.807) is 6.08 Å². The molecule has 0 bridgehead atoms. The zero-order valence-electron chi connectivity index (χ0n) is 9.37. The lowest BCUT2D eigenvalue weighted by Gasteiger charge is -2.19. The maximum Gasteiger partial charge on any atom is 0.241 e. The van der Waals surface area contributed by atoms with Crippen LogP contribution in [0.4, 0.5) is 5.13 Å². The first-order chi connectivity index (χ1) is 7.28. The highest BCUT2D eigenvalue weighted by Gasteiger charge is 2.13. The molecule has 0 spiro atoms. The molecule has 0 aromatic carbocycles. The molecule has 0 aliphatic carbocycles. The molecular formula is C10H14ClN3OS. The Balaban J connectivity index is 2.86. The van der Waals surface area contributed by atoms with E-state index < -0.39 is 5.91 Å². The molecule has 0 saturated carbocycles. The first kappa shape index (κ1) is 13.0. The van der Waals surface area contributed by atoms with E-state index in [-0.39, 0.29) is 5.54 Å². The first-order valence-electron chi connectivity index (χ1n) is 4.70. The lowest BCUT2D eigenvalue weighted by Crippen LogP contribution is -2.25. The summed E-state index contributed by atoms with van der Waals surface area (Å²) >= 11 is 7.29. The fourth-order valence-electron chi connectivity index (χ4n) is 0.948. The van der Waals surface area contributed by atoms with Crippen LogP contribution in [0.5, 0.6) is 0 Å². The highest BCUT2D eigenvalue weighted by atomic mass is 35.5. The second-order valence-electron chi connectivity index (χ2n) is 4.28. The minimum absolute atomic E-state index is 0.0775. The van der Waals surface area contributed by atoms with Gasteiger partial charge in [0.2, 0.25) is 5.91 Å². The van der Waals surface area contributed by atoms with Crippen molar-refractivity contribution in [2.45, 2.75) is 26.3 Å². The van der Waals surface area contributed by atoms with E-state index in [0.29, 0.717) is 10.0 Å². The van der Waals surface area contributed by atoms with Gasteiger partial charge >= 0.3 is 0 Å². The number of carbonyl (C=O) groups excluding carboxylic acids is 1. The second kappa shape index (κ2) is 4.84. The summed E-state index contributed by atoms with van der Waals surface area (Å²) in [4.78, 5) is 15.4. The smallest absolute Gasteiger partial charge is 0.241 e. The summed E-state index contributed by atoms with van der Waals surface area (Å²) in [5, 5.41) is 4.30. The van der Waals surface area contributed by atoms with Crippen LogP contribution < -0.4 is 11.1 Å². The summed E-state index contributed by atoms with van der Waals surface area (Å²) < 4.78 is 0. The van der Waals surface area contributed by atoms with Crippen molar-refractivity contribution in [3.8, 4) is 0 Å². The minimum Gasteiger partial charge on any atom is -0.366 e. The van der Waals surface area contributed by atoms with E-state index in [2.05, 4.69) is 10.3 Å². The number of aromatic nitrogens is 1. The quantitative estimate of drug-likeness (QED) is 0.820. The number of thiazole rings is 1. The molecule has 0 aliphatic rings. The SMILES string of the molecule is CC(C)(C)Nc1nc(Cl)c(/C=C/C(N)=O)s1. The van der Waals surface area contributed by atoms with Gasteiger partial charge in [0.1, 0.15) is 5.15 Å². The van der Waals surface area contributed by atoms with Crippen LogP contribution in [-0.4, -0.2) is 16.4 Å². The molecule has 0 fully saturated rings. The number of hydrogen-bond acceptors (Lipinski definition) is 4. The predicted molar refractivity (Wildman–Crippen MR) is 68.7 cm³/mol. The monoisotopic (exact) mass is 259 g/mol. The average Bonchev–Trinajstić information content (AvgIpc) is 2.39. The standard InChI is InChI=1S/C10H14ClN3OS/c1-10(2,3)14-9-13-8(11)6(16-9)4-5-7(12)15/h4-5H,1-3H3,(H2,12,15)(H,13,14)/b5-4+. The van der Waals surface area contributed by atoms with E-state index in [0.717, 1.165) is 5.13 Å². The van der Waals surface area contributed by atoms with Gasteiger partial charge in [-0.15, -0.1) is 0 Å². The molecule has 1 aromatic heterocycles. The van der Waals surface area contributed by atoms with Crippen molar-refractivity contribution >= 4 is 40.1 Å². The molecule has 1 rings (SSSR count). The van der Waals surface area contributed by atoms with Crippen LogP contribution in [0.1, 0.15) is 25.6 Å². The molecule has 4 nitrogen and oxygen atoms in total. The molecule has 0 aliphatic heterocycles. The van der Waals surface area contributed by atoms with Crippen LogP contribution in [-0.2, 0) is 4.79 Å². The Morgan fingerprint density at radius 2 is 2.19 bits per heavy atom. The van der Waals surface area contributed by atoms with Gasteiger partial charge in [0, 0.05) is 11.6 Å². The highest BCUT2D eigenvalue weighted by Crippen LogP contribution is 2.29. The third-order valence-electron chi connectivity index (χ3n) is 1.49. The van der Waals surface area contributed by atoms with Gasteiger partial charge in [-0.25, -0.2) is 4.98 Å². The number of hydrogen-bond donors (Lipinski definition) is 2. The number of carbonyl (C=O) groups is 1. The Labute approximate surface area is 104 Å². The number of halogens is 1. The van der Waals surface area contributed by atoms with Crippen LogP contribution in [0.2, 0.25) is 5.15 Å². The molecule has 0 radical (unpaired) electrons. The third-order valence-corrected chi connectivity index (χ3v) is 2.83. The number of amides is 1. The van der Waals surface area contributed by atoms with Crippen molar-refractivity contribution in [3.05, 3.63) is 16.1 Å². The molecule has 0 unspecified atom stereocenters. The van der Waals surface area contributed by atoms with Gasteiger partial charge in [0.15, 0.2) is 5.13 Å². The van der Waals surface area contributed by atoms with Gasteiger partial charge in [-0.3, -0.25) is 4.79 Å². The Hall–Kier alpha value is -1.07. The molecule has 1 aromatic rings. The van der Waals surface area contributed by atoms with E-state index in [4.69, 9.17) is 17.3 Å². The Morgan fingerprint density at radius 1 is 1.56 bits per heavy atom. The van der Waals surface area contributed by atoms with Gasteiger partial charge < -0.3 is 11.1 Å².